The van der Waals surface area contributed by atoms with E-state index in [0.717, 1.165) is 44.9 Å². The summed E-state index contributed by atoms with van der Waals surface area (Å²) in [5.41, 5.74) is -3.51. The second kappa shape index (κ2) is 14.5. The third-order valence-electron chi connectivity index (χ3n) is 9.80. The van der Waals surface area contributed by atoms with Gasteiger partial charge in [-0.2, -0.15) is 32.1 Å². The number of aromatic nitrogens is 8. The SMILES string of the molecule is Cn1cc(-c2cc(C(F)(F)F)nn2CC(C)(C)NC(=O)C(Cc2cnn(C(F)F)c2)N2CCc3c(-c4cc5nnn(C)c5cc4F)ccc(F)c3C2=O)cc(F)c1=O. The van der Waals surface area contributed by atoms with Gasteiger partial charge in [-0.05, 0) is 61.2 Å². The topological polar surface area (TPSA) is 138 Å². The molecule has 2 aromatic carbocycles. The molecule has 0 bridgehead atoms. The molecule has 0 fully saturated rings. The Bertz CT molecular complexity index is 2630. The van der Waals surface area contributed by atoms with Crippen LogP contribution in [-0.4, -0.2) is 74.0 Å². The summed E-state index contributed by atoms with van der Waals surface area (Å²) in [5, 5.41) is 17.9. The van der Waals surface area contributed by atoms with Crippen LogP contribution in [0.2, 0.25) is 0 Å². The highest BCUT2D eigenvalue weighted by Gasteiger charge is 2.40. The van der Waals surface area contributed by atoms with E-state index in [0.29, 0.717) is 21.8 Å². The molecule has 58 heavy (non-hydrogen) atoms. The number of halogens is 8. The highest BCUT2D eigenvalue weighted by Crippen LogP contribution is 2.36. The molecule has 0 spiro atoms. The van der Waals surface area contributed by atoms with Crippen LogP contribution in [0.5, 0.6) is 0 Å². The molecule has 13 nitrogen and oxygen atoms in total. The van der Waals surface area contributed by atoms with Crippen molar-refractivity contribution in [3.63, 3.8) is 0 Å². The van der Waals surface area contributed by atoms with Gasteiger partial charge in [0.25, 0.3) is 11.5 Å². The number of rotatable bonds is 10. The number of hydrogen-bond acceptors (Lipinski definition) is 7. The van der Waals surface area contributed by atoms with Crippen LogP contribution in [0, 0.1) is 17.5 Å². The van der Waals surface area contributed by atoms with Crippen LogP contribution < -0.4 is 10.9 Å². The Labute approximate surface area is 322 Å². The van der Waals surface area contributed by atoms with Gasteiger partial charge >= 0.3 is 12.7 Å². The normalized spacial score (nSPS) is 14.1. The number of aryl methyl sites for hydroxylation is 2. The number of hydrogen-bond donors (Lipinski definition) is 1. The lowest BCUT2D eigenvalue weighted by atomic mass is 9.88. The molecule has 1 unspecified atom stereocenters. The maximum Gasteiger partial charge on any atom is 0.435 e. The number of alkyl halides is 5. The van der Waals surface area contributed by atoms with E-state index in [1.807, 2.05) is 0 Å². The van der Waals surface area contributed by atoms with Gasteiger partial charge in [0, 0.05) is 56.6 Å². The predicted molar refractivity (Wildman–Crippen MR) is 190 cm³/mol. The zero-order valence-corrected chi connectivity index (χ0v) is 31.0. The van der Waals surface area contributed by atoms with E-state index >= 15 is 8.78 Å². The van der Waals surface area contributed by atoms with Crippen LogP contribution in [-0.2, 0) is 44.5 Å². The number of nitrogens with zero attached hydrogens (tertiary/aromatic N) is 9. The average Bonchev–Trinajstić information content (AvgIpc) is 3.88. The summed E-state index contributed by atoms with van der Waals surface area (Å²) in [6.45, 7) is -0.879. The number of carbonyl (C=O) groups is 2. The van der Waals surface area contributed by atoms with Gasteiger partial charge in [0.15, 0.2) is 11.5 Å². The minimum Gasteiger partial charge on any atom is -0.348 e. The first-order valence-electron chi connectivity index (χ1n) is 17.5. The van der Waals surface area contributed by atoms with Crippen LogP contribution >= 0.6 is 0 Å². The minimum absolute atomic E-state index is 0.0214. The summed E-state index contributed by atoms with van der Waals surface area (Å²) in [6, 6.07) is 4.81. The first-order valence-corrected chi connectivity index (χ1v) is 17.5. The summed E-state index contributed by atoms with van der Waals surface area (Å²) in [6.07, 6.45) is -2.28. The van der Waals surface area contributed by atoms with Crippen molar-refractivity contribution >= 4 is 22.8 Å². The van der Waals surface area contributed by atoms with Crippen molar-refractivity contribution in [1.82, 2.24) is 49.3 Å². The highest BCUT2D eigenvalue weighted by atomic mass is 19.4. The lowest BCUT2D eigenvalue weighted by Crippen LogP contribution is -2.58. The number of carbonyl (C=O) groups excluding carboxylic acids is 2. The molecule has 5 heterocycles. The number of pyridine rings is 1. The summed E-state index contributed by atoms with van der Waals surface area (Å²) in [5.74, 6) is -4.77. The van der Waals surface area contributed by atoms with Gasteiger partial charge in [-0.3, -0.25) is 19.1 Å². The fourth-order valence-corrected chi connectivity index (χ4v) is 7.11. The first-order chi connectivity index (χ1) is 27.2. The Morgan fingerprint density at radius 1 is 0.948 bits per heavy atom. The third-order valence-corrected chi connectivity index (χ3v) is 9.80. The molecule has 1 N–H and O–H groups in total. The molecule has 1 atom stereocenters. The van der Waals surface area contributed by atoms with Gasteiger partial charge in [-0.25, -0.2) is 22.5 Å². The van der Waals surface area contributed by atoms with Crippen molar-refractivity contribution in [3.8, 4) is 22.4 Å². The second-order valence-corrected chi connectivity index (χ2v) is 14.5. The van der Waals surface area contributed by atoms with Crippen LogP contribution in [0.4, 0.5) is 35.1 Å². The molecular formula is C37H32F8N10O3. The lowest BCUT2D eigenvalue weighted by molar-refractivity contribution is -0.141. The third kappa shape index (κ3) is 7.42. The van der Waals surface area contributed by atoms with Crippen LogP contribution in [0.25, 0.3) is 33.4 Å². The molecule has 1 aliphatic heterocycles. The second-order valence-electron chi connectivity index (χ2n) is 14.5. The molecule has 0 saturated heterocycles. The Morgan fingerprint density at radius 2 is 1.69 bits per heavy atom. The van der Waals surface area contributed by atoms with Crippen LogP contribution in [0.1, 0.15) is 47.6 Å². The molecule has 304 valence electrons. The molecule has 2 amide bonds. The smallest absolute Gasteiger partial charge is 0.348 e. The largest absolute Gasteiger partial charge is 0.435 e. The van der Waals surface area contributed by atoms with E-state index < -0.39 is 83.4 Å². The van der Waals surface area contributed by atoms with E-state index in [4.69, 9.17) is 0 Å². The summed E-state index contributed by atoms with van der Waals surface area (Å²) >= 11 is 0. The average molecular weight is 817 g/mol. The zero-order valence-electron chi connectivity index (χ0n) is 31.0. The molecule has 6 aromatic rings. The molecule has 0 aliphatic carbocycles. The van der Waals surface area contributed by atoms with Gasteiger partial charge in [-0.1, -0.05) is 11.3 Å². The molecule has 1 aliphatic rings. The maximum atomic E-state index is 15.7. The quantitative estimate of drug-likeness (QED) is 0.182. The number of nitrogens with one attached hydrogen (secondary N) is 1. The maximum absolute atomic E-state index is 15.7. The Kier molecular flexibility index (Phi) is 9.96. The molecule has 0 saturated carbocycles. The first kappa shape index (κ1) is 39.8. The molecule has 7 rings (SSSR count). The summed E-state index contributed by atoms with van der Waals surface area (Å²) in [4.78, 5) is 41.6. The fourth-order valence-electron chi connectivity index (χ4n) is 7.11. The van der Waals surface area contributed by atoms with Crippen molar-refractivity contribution in [2.45, 2.75) is 57.5 Å². The summed E-state index contributed by atoms with van der Waals surface area (Å²) < 4.78 is 118. The van der Waals surface area contributed by atoms with E-state index in [2.05, 4.69) is 25.8 Å². The van der Waals surface area contributed by atoms with Gasteiger partial charge in [-0.15, -0.1) is 5.10 Å². The lowest BCUT2D eigenvalue weighted by Gasteiger charge is -2.37. The number of fused-ring (bicyclic) bond motifs is 2. The van der Waals surface area contributed by atoms with E-state index in [1.54, 1.807) is 7.05 Å². The van der Waals surface area contributed by atoms with E-state index in [1.165, 1.54) is 43.8 Å². The number of amides is 2. The highest BCUT2D eigenvalue weighted by molar-refractivity contribution is 6.02. The van der Waals surface area contributed by atoms with Crippen molar-refractivity contribution < 1.29 is 44.7 Å². The molecule has 4 aromatic heterocycles. The van der Waals surface area contributed by atoms with Crippen LogP contribution in [0.3, 0.4) is 0 Å². The fraction of sp³-hybridized carbons (Fsp3) is 0.324. The van der Waals surface area contributed by atoms with Crippen molar-refractivity contribution in [2.75, 3.05) is 6.54 Å². The standard InChI is InChI=1S/C37H32F8N10O3/c1-36(2,17-55-27(13-30(49-55)37(43,44)45)19-10-25(40)33(57)51(3)16-19)47-32(56)29(9-18-14-46-54(15-18)35(41)42)53-8-7-21-20(5-6-23(38)31(21)34(53)58)22-11-26-28(12-24(22)39)52(4)50-48-26/h5-6,10-16,29,35H,7-9,17H2,1-4H3,(H,47,56). The van der Waals surface area contributed by atoms with Gasteiger partial charge < -0.3 is 14.8 Å². The van der Waals surface area contributed by atoms with E-state index in [9.17, 15) is 40.7 Å². The van der Waals surface area contributed by atoms with Crippen molar-refractivity contribution in [1.29, 1.82) is 0 Å². The van der Waals surface area contributed by atoms with Crippen molar-refractivity contribution in [3.05, 3.63) is 105 Å². The zero-order chi connectivity index (χ0) is 42.0. The van der Waals surface area contributed by atoms with Crippen molar-refractivity contribution in [2.24, 2.45) is 14.1 Å². The Balaban J connectivity index is 1.23. The van der Waals surface area contributed by atoms with E-state index in [-0.39, 0.29) is 46.5 Å². The van der Waals surface area contributed by atoms with Crippen LogP contribution in [0.15, 0.2) is 59.8 Å². The molecular weight excluding hydrogens is 784 g/mol. The summed E-state index contributed by atoms with van der Waals surface area (Å²) in [7, 11) is 2.78. The predicted octanol–water partition coefficient (Wildman–Crippen LogP) is 5.43. The number of benzene rings is 2. The monoisotopic (exact) mass is 816 g/mol. The van der Waals surface area contributed by atoms with Gasteiger partial charge in [0.05, 0.1) is 35.1 Å². The van der Waals surface area contributed by atoms with Gasteiger partial charge in [0.1, 0.15) is 23.2 Å². The minimum atomic E-state index is -4.94. The van der Waals surface area contributed by atoms with Gasteiger partial charge in [0.2, 0.25) is 5.91 Å². The molecule has 0 radical (unpaired) electrons. The molecule has 21 heteroatoms. The Morgan fingerprint density at radius 3 is 2.36 bits per heavy atom. The Hall–Kier alpha value is -6.41.